The van der Waals surface area contributed by atoms with Gasteiger partial charge < -0.3 is 14.5 Å². The van der Waals surface area contributed by atoms with Crippen LogP contribution in [-0.4, -0.2) is 17.0 Å². The summed E-state index contributed by atoms with van der Waals surface area (Å²) in [6.07, 6.45) is 5.34. The Morgan fingerprint density at radius 1 is 1.22 bits per heavy atom. The summed E-state index contributed by atoms with van der Waals surface area (Å²) in [6, 6.07) is 9.08. The molecule has 4 rings (SSSR count). The fraction of sp³-hybridized carbons (Fsp3) is 0.286. The van der Waals surface area contributed by atoms with Crippen molar-refractivity contribution < 1.29 is 13.9 Å². The molecule has 1 aliphatic carbocycles. The van der Waals surface area contributed by atoms with E-state index in [-0.39, 0.29) is 11.5 Å². The standard InChI is InChI=1S/C21H20N2O4/c1-13(20(24)23-12-14-7-9-22-10-8-14)26-15-5-6-17-16-3-2-4-18(16)21(25)27-19(17)11-15/h5-11,13H,2-4,12H2,1H3,(H,23,24). The highest BCUT2D eigenvalue weighted by Crippen LogP contribution is 2.29. The number of carbonyl (C=O) groups excluding carboxylic acids is 1. The lowest BCUT2D eigenvalue weighted by Gasteiger charge is -2.15. The highest BCUT2D eigenvalue weighted by molar-refractivity contribution is 5.84. The van der Waals surface area contributed by atoms with Crippen LogP contribution in [-0.2, 0) is 24.2 Å². The summed E-state index contributed by atoms with van der Waals surface area (Å²) in [5, 5.41) is 3.78. The fourth-order valence-electron chi connectivity index (χ4n) is 3.43. The van der Waals surface area contributed by atoms with E-state index in [1.165, 1.54) is 0 Å². The molecule has 0 bridgehead atoms. The topological polar surface area (TPSA) is 81.4 Å². The van der Waals surface area contributed by atoms with Crippen LogP contribution in [0.4, 0.5) is 0 Å². The molecule has 27 heavy (non-hydrogen) atoms. The highest BCUT2D eigenvalue weighted by atomic mass is 16.5. The fourth-order valence-corrected chi connectivity index (χ4v) is 3.43. The molecule has 1 amide bonds. The minimum atomic E-state index is -0.676. The minimum Gasteiger partial charge on any atom is -0.481 e. The number of pyridine rings is 1. The van der Waals surface area contributed by atoms with Gasteiger partial charge in [0.1, 0.15) is 11.3 Å². The number of ether oxygens (including phenoxy) is 1. The van der Waals surface area contributed by atoms with Gasteiger partial charge in [-0.25, -0.2) is 4.79 Å². The van der Waals surface area contributed by atoms with Gasteiger partial charge in [0.25, 0.3) is 5.91 Å². The number of fused-ring (bicyclic) bond motifs is 3. The van der Waals surface area contributed by atoms with Crippen LogP contribution in [0.25, 0.3) is 11.0 Å². The second kappa shape index (κ2) is 7.23. The maximum atomic E-state index is 12.3. The van der Waals surface area contributed by atoms with E-state index in [1.54, 1.807) is 25.4 Å². The van der Waals surface area contributed by atoms with Crippen molar-refractivity contribution in [2.24, 2.45) is 0 Å². The van der Waals surface area contributed by atoms with E-state index in [4.69, 9.17) is 9.15 Å². The van der Waals surface area contributed by atoms with Gasteiger partial charge in [-0.3, -0.25) is 9.78 Å². The van der Waals surface area contributed by atoms with Crippen molar-refractivity contribution in [3.05, 3.63) is 69.8 Å². The number of nitrogens with zero attached hydrogens (tertiary/aromatic N) is 1. The number of benzene rings is 1. The second-order valence-electron chi connectivity index (χ2n) is 6.69. The van der Waals surface area contributed by atoms with Crippen LogP contribution in [0.3, 0.4) is 0 Å². The summed E-state index contributed by atoms with van der Waals surface area (Å²) in [4.78, 5) is 28.3. The van der Waals surface area contributed by atoms with Crippen molar-refractivity contribution in [2.45, 2.75) is 38.8 Å². The Hall–Kier alpha value is -3.15. The number of aryl methyl sites for hydroxylation is 1. The summed E-state index contributed by atoms with van der Waals surface area (Å²) in [6.45, 7) is 2.10. The zero-order valence-corrected chi connectivity index (χ0v) is 15.0. The summed E-state index contributed by atoms with van der Waals surface area (Å²) >= 11 is 0. The summed E-state index contributed by atoms with van der Waals surface area (Å²) < 4.78 is 11.2. The molecule has 1 N–H and O–H groups in total. The van der Waals surface area contributed by atoms with E-state index in [0.717, 1.165) is 41.3 Å². The molecule has 3 aromatic rings. The number of amides is 1. The molecule has 2 heterocycles. The molecule has 0 saturated carbocycles. The zero-order chi connectivity index (χ0) is 18.8. The number of carbonyl (C=O) groups is 1. The first-order chi connectivity index (χ1) is 13.1. The Bertz CT molecular complexity index is 1040. The normalized spacial score (nSPS) is 14.0. The third-order valence-corrected chi connectivity index (χ3v) is 4.84. The van der Waals surface area contributed by atoms with Crippen molar-refractivity contribution >= 4 is 16.9 Å². The third-order valence-electron chi connectivity index (χ3n) is 4.84. The Morgan fingerprint density at radius 2 is 2.00 bits per heavy atom. The van der Waals surface area contributed by atoms with Crippen LogP contribution in [0.15, 0.2) is 51.9 Å². The predicted octanol–water partition coefficient (Wildman–Crippen LogP) is 2.76. The van der Waals surface area contributed by atoms with Gasteiger partial charge >= 0.3 is 5.63 Å². The van der Waals surface area contributed by atoms with E-state index >= 15 is 0 Å². The Kier molecular flexibility index (Phi) is 4.62. The van der Waals surface area contributed by atoms with Gasteiger partial charge in [0, 0.05) is 36.0 Å². The van der Waals surface area contributed by atoms with Gasteiger partial charge in [-0.05, 0) is 61.6 Å². The molecule has 6 nitrogen and oxygen atoms in total. The van der Waals surface area contributed by atoms with Gasteiger partial charge in [-0.15, -0.1) is 0 Å². The second-order valence-corrected chi connectivity index (χ2v) is 6.69. The van der Waals surface area contributed by atoms with Gasteiger partial charge in [0.2, 0.25) is 0 Å². The Labute approximate surface area is 156 Å². The van der Waals surface area contributed by atoms with Crippen molar-refractivity contribution in [2.75, 3.05) is 0 Å². The first kappa shape index (κ1) is 17.3. The van der Waals surface area contributed by atoms with Crippen LogP contribution < -0.4 is 15.7 Å². The number of aromatic nitrogens is 1. The number of hydrogen-bond acceptors (Lipinski definition) is 5. The highest BCUT2D eigenvalue weighted by Gasteiger charge is 2.20. The van der Waals surface area contributed by atoms with Crippen LogP contribution in [0.1, 0.15) is 30.0 Å². The van der Waals surface area contributed by atoms with E-state index < -0.39 is 6.10 Å². The van der Waals surface area contributed by atoms with Crippen LogP contribution in [0.5, 0.6) is 5.75 Å². The van der Waals surface area contributed by atoms with Crippen molar-refractivity contribution in [1.82, 2.24) is 10.3 Å². The lowest BCUT2D eigenvalue weighted by atomic mass is 10.1. The summed E-state index contributed by atoms with van der Waals surface area (Å²) in [5.41, 5.74) is 3.07. The lowest BCUT2D eigenvalue weighted by molar-refractivity contribution is -0.127. The van der Waals surface area contributed by atoms with Crippen molar-refractivity contribution in [3.8, 4) is 5.75 Å². The first-order valence-electron chi connectivity index (χ1n) is 9.04. The molecule has 2 aromatic heterocycles. The third kappa shape index (κ3) is 3.56. The molecule has 0 fully saturated rings. The SMILES string of the molecule is CC(Oc1ccc2c3c(c(=O)oc2c1)CCC3)C(=O)NCc1ccncc1. The molecule has 138 valence electrons. The molecule has 0 radical (unpaired) electrons. The summed E-state index contributed by atoms with van der Waals surface area (Å²) in [7, 11) is 0. The molecular weight excluding hydrogens is 344 g/mol. The van der Waals surface area contributed by atoms with E-state index in [1.807, 2.05) is 24.3 Å². The van der Waals surface area contributed by atoms with Crippen LogP contribution in [0, 0.1) is 0 Å². The largest absolute Gasteiger partial charge is 0.481 e. The maximum absolute atomic E-state index is 12.3. The van der Waals surface area contributed by atoms with Gasteiger partial charge in [-0.1, -0.05) is 0 Å². The average Bonchev–Trinajstić information content (AvgIpc) is 3.17. The quantitative estimate of drug-likeness (QED) is 0.704. The molecule has 1 atom stereocenters. The molecule has 1 aliphatic rings. The monoisotopic (exact) mass is 364 g/mol. The number of rotatable bonds is 5. The Morgan fingerprint density at radius 3 is 2.81 bits per heavy atom. The minimum absolute atomic E-state index is 0.220. The molecule has 0 spiro atoms. The van der Waals surface area contributed by atoms with Gasteiger partial charge in [0.15, 0.2) is 6.10 Å². The predicted molar refractivity (Wildman–Crippen MR) is 101 cm³/mol. The lowest BCUT2D eigenvalue weighted by Crippen LogP contribution is -2.35. The van der Waals surface area contributed by atoms with Gasteiger partial charge in [0.05, 0.1) is 0 Å². The van der Waals surface area contributed by atoms with E-state index in [2.05, 4.69) is 10.3 Å². The maximum Gasteiger partial charge on any atom is 0.339 e. The van der Waals surface area contributed by atoms with E-state index in [9.17, 15) is 9.59 Å². The summed E-state index contributed by atoms with van der Waals surface area (Å²) in [5.74, 6) is 0.275. The number of nitrogens with one attached hydrogen (secondary N) is 1. The van der Waals surface area contributed by atoms with Crippen molar-refractivity contribution in [1.29, 1.82) is 0 Å². The van der Waals surface area contributed by atoms with E-state index in [0.29, 0.717) is 17.9 Å². The molecular formula is C21H20N2O4. The molecule has 1 aromatic carbocycles. The molecule has 6 heteroatoms. The first-order valence-corrected chi connectivity index (χ1v) is 9.04. The van der Waals surface area contributed by atoms with Gasteiger partial charge in [-0.2, -0.15) is 0 Å². The smallest absolute Gasteiger partial charge is 0.339 e. The Balaban J connectivity index is 1.47. The number of hydrogen-bond donors (Lipinski definition) is 1. The molecule has 1 unspecified atom stereocenters. The zero-order valence-electron chi connectivity index (χ0n) is 15.0. The molecule has 0 saturated heterocycles. The molecule has 0 aliphatic heterocycles. The average molecular weight is 364 g/mol. The van der Waals surface area contributed by atoms with Crippen molar-refractivity contribution in [3.63, 3.8) is 0 Å². The van der Waals surface area contributed by atoms with Crippen LogP contribution >= 0.6 is 0 Å². The van der Waals surface area contributed by atoms with Crippen LogP contribution in [0.2, 0.25) is 0 Å².